The number of allylic oxidation sites excluding steroid dienone is 1. The number of nitrogens with one attached hydrogen (secondary N) is 1. The van der Waals surface area contributed by atoms with E-state index >= 15 is 0 Å². The number of likely N-dealkylation sites (N-methyl/N-ethyl adjacent to an activating group) is 1. The molecule has 0 aromatic heterocycles. The van der Waals surface area contributed by atoms with Gasteiger partial charge in [-0.15, -0.1) is 0 Å². The third kappa shape index (κ3) is 5.14. The fourth-order valence-corrected chi connectivity index (χ4v) is 0.435. The summed E-state index contributed by atoms with van der Waals surface area (Å²) in [6, 6.07) is 0. The number of methoxy groups -OCH3 is 1. The highest BCUT2D eigenvalue weighted by atomic mass is 16.5. The van der Waals surface area contributed by atoms with Crippen molar-refractivity contribution in [3.05, 3.63) is 11.8 Å². The SMILES string of the molecule is CNC(=O)/C=C(\C)N=COC. The summed E-state index contributed by atoms with van der Waals surface area (Å²) in [5, 5.41) is 2.44. The van der Waals surface area contributed by atoms with Crippen LogP contribution in [0.25, 0.3) is 0 Å². The second kappa shape index (κ2) is 5.46. The van der Waals surface area contributed by atoms with Crippen LogP contribution in [0.4, 0.5) is 0 Å². The molecule has 0 bridgehead atoms. The van der Waals surface area contributed by atoms with Crippen LogP contribution in [0.1, 0.15) is 6.92 Å². The Kier molecular flexibility index (Phi) is 4.81. The molecular formula is C7H12N2O2. The summed E-state index contributed by atoms with van der Waals surface area (Å²) in [4.78, 5) is 14.5. The van der Waals surface area contributed by atoms with Crippen molar-refractivity contribution in [2.75, 3.05) is 14.2 Å². The number of nitrogens with zero attached hydrogens (tertiary/aromatic N) is 1. The van der Waals surface area contributed by atoms with E-state index in [9.17, 15) is 4.79 Å². The Bertz CT molecular complexity index is 185. The van der Waals surface area contributed by atoms with E-state index in [4.69, 9.17) is 0 Å². The van der Waals surface area contributed by atoms with E-state index < -0.39 is 0 Å². The first-order chi connectivity index (χ1) is 5.20. The Labute approximate surface area is 66.0 Å². The zero-order valence-electron chi connectivity index (χ0n) is 6.92. The minimum Gasteiger partial charge on any atom is -0.486 e. The average Bonchev–Trinajstić information content (AvgIpc) is 2.00. The van der Waals surface area contributed by atoms with Crippen LogP contribution in [0.2, 0.25) is 0 Å². The molecule has 0 unspecified atom stereocenters. The third-order valence-electron chi connectivity index (χ3n) is 0.948. The molecule has 0 fully saturated rings. The van der Waals surface area contributed by atoms with Crippen molar-refractivity contribution in [1.82, 2.24) is 5.32 Å². The third-order valence-corrected chi connectivity index (χ3v) is 0.948. The zero-order chi connectivity index (χ0) is 8.69. The van der Waals surface area contributed by atoms with Crippen molar-refractivity contribution in [2.45, 2.75) is 6.92 Å². The predicted octanol–water partition coefficient (Wildman–Crippen LogP) is 0.311. The van der Waals surface area contributed by atoms with Gasteiger partial charge in [0, 0.05) is 18.8 Å². The van der Waals surface area contributed by atoms with Crippen LogP contribution in [0, 0.1) is 0 Å². The molecule has 1 N–H and O–H groups in total. The molecule has 0 aromatic carbocycles. The summed E-state index contributed by atoms with van der Waals surface area (Å²) < 4.78 is 4.56. The number of hydrogen-bond donors (Lipinski definition) is 1. The van der Waals surface area contributed by atoms with E-state index in [1.165, 1.54) is 19.6 Å². The number of hydrogen-bond acceptors (Lipinski definition) is 3. The number of amides is 1. The van der Waals surface area contributed by atoms with Gasteiger partial charge < -0.3 is 10.1 Å². The maximum atomic E-state index is 10.7. The fraction of sp³-hybridized carbons (Fsp3) is 0.429. The highest BCUT2D eigenvalue weighted by Crippen LogP contribution is 1.91. The Balaban J connectivity index is 4.00. The first kappa shape index (κ1) is 9.68. The number of ether oxygens (including phenoxy) is 1. The highest BCUT2D eigenvalue weighted by Gasteiger charge is 1.90. The van der Waals surface area contributed by atoms with Gasteiger partial charge in [-0.25, -0.2) is 4.99 Å². The molecule has 0 aliphatic carbocycles. The maximum absolute atomic E-state index is 10.7. The van der Waals surface area contributed by atoms with Gasteiger partial charge in [0.15, 0.2) is 6.40 Å². The smallest absolute Gasteiger partial charge is 0.245 e. The summed E-state index contributed by atoms with van der Waals surface area (Å²) in [5.74, 6) is -0.171. The van der Waals surface area contributed by atoms with E-state index in [0.29, 0.717) is 5.70 Å². The lowest BCUT2D eigenvalue weighted by Gasteiger charge is -1.92. The lowest BCUT2D eigenvalue weighted by Crippen LogP contribution is -2.14. The lowest BCUT2D eigenvalue weighted by molar-refractivity contribution is -0.116. The summed E-state index contributed by atoms with van der Waals surface area (Å²) in [5.41, 5.74) is 0.603. The van der Waals surface area contributed by atoms with Crippen molar-refractivity contribution in [1.29, 1.82) is 0 Å². The van der Waals surface area contributed by atoms with Gasteiger partial charge in [0.05, 0.1) is 7.11 Å². The summed E-state index contributed by atoms with van der Waals surface area (Å²) in [6.07, 6.45) is 2.66. The second-order valence-electron chi connectivity index (χ2n) is 1.87. The largest absolute Gasteiger partial charge is 0.486 e. The molecule has 11 heavy (non-hydrogen) atoms. The maximum Gasteiger partial charge on any atom is 0.245 e. The van der Waals surface area contributed by atoms with E-state index in [2.05, 4.69) is 15.0 Å². The average molecular weight is 156 g/mol. The van der Waals surface area contributed by atoms with Gasteiger partial charge >= 0.3 is 0 Å². The van der Waals surface area contributed by atoms with Gasteiger partial charge in [0.2, 0.25) is 5.91 Å². The van der Waals surface area contributed by atoms with Crippen molar-refractivity contribution < 1.29 is 9.53 Å². The van der Waals surface area contributed by atoms with Gasteiger partial charge in [0.25, 0.3) is 0 Å². The van der Waals surface area contributed by atoms with Crippen molar-refractivity contribution >= 4 is 12.3 Å². The molecule has 62 valence electrons. The highest BCUT2D eigenvalue weighted by molar-refractivity contribution is 5.87. The molecule has 0 aliphatic rings. The molecule has 0 heterocycles. The van der Waals surface area contributed by atoms with Crippen LogP contribution >= 0.6 is 0 Å². The predicted molar refractivity (Wildman–Crippen MR) is 43.3 cm³/mol. The van der Waals surface area contributed by atoms with Crippen molar-refractivity contribution in [2.24, 2.45) is 4.99 Å². The molecule has 0 aliphatic heterocycles. The van der Waals surface area contributed by atoms with Crippen LogP contribution in [0.3, 0.4) is 0 Å². The number of carbonyl (C=O) groups excluding carboxylic acids is 1. The molecule has 4 nitrogen and oxygen atoms in total. The van der Waals surface area contributed by atoms with Crippen LogP contribution in [-0.2, 0) is 9.53 Å². The summed E-state index contributed by atoms with van der Waals surface area (Å²) in [6.45, 7) is 1.71. The molecule has 0 spiro atoms. The number of aliphatic imine (C=N–C) groups is 1. The molecule has 1 amide bonds. The number of carbonyl (C=O) groups is 1. The zero-order valence-corrected chi connectivity index (χ0v) is 6.92. The Hall–Kier alpha value is -1.32. The molecule has 0 radical (unpaired) electrons. The van der Waals surface area contributed by atoms with Gasteiger partial charge in [-0.2, -0.15) is 0 Å². The molecule has 4 heteroatoms. The summed E-state index contributed by atoms with van der Waals surface area (Å²) >= 11 is 0. The fourth-order valence-electron chi connectivity index (χ4n) is 0.435. The quantitative estimate of drug-likeness (QED) is 0.363. The van der Waals surface area contributed by atoms with Crippen LogP contribution in [-0.4, -0.2) is 26.5 Å². The first-order valence-corrected chi connectivity index (χ1v) is 3.16. The molecule has 0 saturated carbocycles. The van der Waals surface area contributed by atoms with Gasteiger partial charge in [-0.3, -0.25) is 4.79 Å². The van der Waals surface area contributed by atoms with E-state index in [-0.39, 0.29) is 5.91 Å². The van der Waals surface area contributed by atoms with Crippen LogP contribution in [0.5, 0.6) is 0 Å². The first-order valence-electron chi connectivity index (χ1n) is 3.16. The van der Waals surface area contributed by atoms with Gasteiger partial charge in [0.1, 0.15) is 0 Å². The van der Waals surface area contributed by atoms with Crippen LogP contribution < -0.4 is 5.32 Å². The minimum atomic E-state index is -0.171. The van der Waals surface area contributed by atoms with E-state index in [1.807, 2.05) is 0 Å². The molecule has 0 saturated heterocycles. The molecule has 0 aromatic rings. The Morgan fingerprint density at radius 3 is 2.73 bits per heavy atom. The lowest BCUT2D eigenvalue weighted by atomic mass is 10.4. The Morgan fingerprint density at radius 2 is 2.27 bits per heavy atom. The second-order valence-corrected chi connectivity index (χ2v) is 1.87. The van der Waals surface area contributed by atoms with Crippen molar-refractivity contribution in [3.8, 4) is 0 Å². The monoisotopic (exact) mass is 156 g/mol. The van der Waals surface area contributed by atoms with E-state index in [1.54, 1.807) is 14.0 Å². The van der Waals surface area contributed by atoms with Gasteiger partial charge in [-0.1, -0.05) is 0 Å². The van der Waals surface area contributed by atoms with Crippen LogP contribution in [0.15, 0.2) is 16.8 Å². The molecule has 0 atom stereocenters. The van der Waals surface area contributed by atoms with Crippen molar-refractivity contribution in [3.63, 3.8) is 0 Å². The molecular weight excluding hydrogens is 144 g/mol. The van der Waals surface area contributed by atoms with E-state index in [0.717, 1.165) is 0 Å². The molecule has 0 rings (SSSR count). The standard InChI is InChI=1S/C7H12N2O2/c1-6(9-5-11-3)4-7(10)8-2/h4-5H,1-3H3,(H,8,10)/b6-4+,9-5?. The van der Waals surface area contributed by atoms with Gasteiger partial charge in [-0.05, 0) is 6.92 Å². The number of rotatable bonds is 3. The minimum absolute atomic E-state index is 0.171. The topological polar surface area (TPSA) is 50.7 Å². The summed E-state index contributed by atoms with van der Waals surface area (Å²) in [7, 11) is 3.06. The Morgan fingerprint density at radius 1 is 1.64 bits per heavy atom. The normalized spacial score (nSPS) is 11.7.